The van der Waals surface area contributed by atoms with E-state index in [0.29, 0.717) is 18.2 Å². The first-order valence-electron chi connectivity index (χ1n) is 10.6. The Labute approximate surface area is 181 Å². The predicted octanol–water partition coefficient (Wildman–Crippen LogP) is 3.16. The molecule has 0 aliphatic carbocycles. The molecule has 2 heterocycles. The van der Waals surface area contributed by atoms with Crippen molar-refractivity contribution < 1.29 is 9.72 Å². The number of rotatable bonds is 8. The number of unbranched alkanes of at least 4 members (excludes halogenated alkanes) is 1. The van der Waals surface area contributed by atoms with Gasteiger partial charge in [-0.3, -0.25) is 14.9 Å². The Morgan fingerprint density at radius 3 is 2.87 bits per heavy atom. The molecule has 1 saturated heterocycles. The topological polar surface area (TPSA) is 139 Å². The number of piperidine rings is 1. The number of nitro benzene ring substituents is 1. The number of anilines is 4. The Hall–Kier alpha value is -3.43. The fourth-order valence-corrected chi connectivity index (χ4v) is 3.69. The highest BCUT2D eigenvalue weighted by Gasteiger charge is 2.22. The van der Waals surface area contributed by atoms with Crippen molar-refractivity contribution in [3.8, 4) is 0 Å². The van der Waals surface area contributed by atoms with Gasteiger partial charge in [0.25, 0.3) is 5.69 Å². The van der Waals surface area contributed by atoms with Gasteiger partial charge >= 0.3 is 0 Å². The molecule has 31 heavy (non-hydrogen) atoms. The summed E-state index contributed by atoms with van der Waals surface area (Å²) in [5.74, 6) is 1.12. The number of carbonyl (C=O) groups excluding carboxylic acids is 1. The van der Waals surface area contributed by atoms with Crippen molar-refractivity contribution in [1.82, 2.24) is 15.3 Å². The molecule has 10 nitrogen and oxygen atoms in total. The summed E-state index contributed by atoms with van der Waals surface area (Å²) in [5, 5.41) is 17.3. The van der Waals surface area contributed by atoms with Crippen LogP contribution in [0.3, 0.4) is 0 Å². The number of hydrogen-bond acceptors (Lipinski definition) is 8. The number of aryl methyl sites for hydroxylation is 1. The van der Waals surface area contributed by atoms with Gasteiger partial charge in [0.15, 0.2) is 0 Å². The minimum Gasteiger partial charge on any atom is -0.393 e. The lowest BCUT2D eigenvalue weighted by molar-refractivity contribution is -0.383. The highest BCUT2D eigenvalue weighted by Crippen LogP contribution is 2.27. The minimum atomic E-state index is -0.514. The maximum Gasteiger partial charge on any atom is 0.294 e. The lowest BCUT2D eigenvalue weighted by atomic mass is 10.1. The monoisotopic (exact) mass is 427 g/mol. The van der Waals surface area contributed by atoms with Gasteiger partial charge in [0.05, 0.1) is 4.92 Å². The van der Waals surface area contributed by atoms with Gasteiger partial charge in [-0.15, -0.1) is 0 Å². The summed E-state index contributed by atoms with van der Waals surface area (Å²) in [6.07, 6.45) is 4.74. The summed E-state index contributed by atoms with van der Waals surface area (Å²) in [7, 11) is 0. The van der Waals surface area contributed by atoms with E-state index in [1.807, 2.05) is 6.07 Å². The van der Waals surface area contributed by atoms with Crippen LogP contribution in [0.4, 0.5) is 28.8 Å². The number of nitrogens with zero attached hydrogens (tertiary/aromatic N) is 4. The molecule has 1 aliphatic rings. The lowest BCUT2D eigenvalue weighted by Gasteiger charge is -2.34. The van der Waals surface area contributed by atoms with Crippen molar-refractivity contribution in [2.24, 2.45) is 0 Å². The first kappa shape index (κ1) is 22.3. The van der Waals surface area contributed by atoms with E-state index >= 15 is 0 Å². The Kier molecular flexibility index (Phi) is 7.22. The fourth-order valence-electron chi connectivity index (χ4n) is 3.69. The Balaban J connectivity index is 1.87. The number of amides is 1. The molecule has 1 aromatic carbocycles. The normalized spacial score (nSPS) is 16.1. The van der Waals surface area contributed by atoms with Crippen LogP contribution in [-0.2, 0) is 11.2 Å². The van der Waals surface area contributed by atoms with Crippen molar-refractivity contribution in [1.29, 1.82) is 0 Å². The number of nitro groups is 1. The van der Waals surface area contributed by atoms with E-state index in [0.717, 1.165) is 50.2 Å². The van der Waals surface area contributed by atoms with Crippen molar-refractivity contribution in [3.63, 3.8) is 0 Å². The van der Waals surface area contributed by atoms with Crippen LogP contribution in [0.15, 0.2) is 24.3 Å². The molecule has 166 valence electrons. The van der Waals surface area contributed by atoms with E-state index in [4.69, 9.17) is 5.73 Å². The number of aromatic nitrogens is 2. The summed E-state index contributed by atoms with van der Waals surface area (Å²) < 4.78 is 0. The smallest absolute Gasteiger partial charge is 0.294 e. The molecule has 3 rings (SSSR count). The molecule has 1 aliphatic heterocycles. The number of carbonyl (C=O) groups is 1. The van der Waals surface area contributed by atoms with E-state index in [-0.39, 0.29) is 23.3 Å². The molecule has 10 heteroatoms. The largest absolute Gasteiger partial charge is 0.393 e. The maximum absolute atomic E-state index is 11.5. The van der Waals surface area contributed by atoms with E-state index in [1.165, 1.54) is 19.1 Å². The van der Waals surface area contributed by atoms with Gasteiger partial charge in [-0.1, -0.05) is 13.3 Å². The van der Waals surface area contributed by atoms with E-state index in [9.17, 15) is 14.9 Å². The molecular formula is C21H29N7O3. The SMILES string of the molecule is CCCCc1cc(N2CCCC(NC(C)=O)C2)nc(Nc2ccc(N)c([N+](=O)[O-])c2)n1. The highest BCUT2D eigenvalue weighted by atomic mass is 16.6. The summed E-state index contributed by atoms with van der Waals surface area (Å²) in [5.41, 5.74) is 7.03. The molecule has 4 N–H and O–H groups in total. The van der Waals surface area contributed by atoms with Gasteiger partial charge in [-0.2, -0.15) is 4.98 Å². The highest BCUT2D eigenvalue weighted by molar-refractivity contribution is 5.73. The lowest BCUT2D eigenvalue weighted by Crippen LogP contribution is -2.47. The zero-order chi connectivity index (χ0) is 22.4. The molecular weight excluding hydrogens is 398 g/mol. The van der Waals surface area contributed by atoms with E-state index in [2.05, 4.69) is 32.4 Å². The summed E-state index contributed by atoms with van der Waals surface area (Å²) in [4.78, 5) is 33.6. The van der Waals surface area contributed by atoms with Gasteiger partial charge in [0.1, 0.15) is 11.5 Å². The average Bonchev–Trinajstić information content (AvgIpc) is 2.73. The van der Waals surface area contributed by atoms with Crippen molar-refractivity contribution in [2.75, 3.05) is 29.0 Å². The summed E-state index contributed by atoms with van der Waals surface area (Å²) in [6, 6.07) is 6.60. The number of nitrogens with one attached hydrogen (secondary N) is 2. The Bertz CT molecular complexity index is 951. The third kappa shape index (κ3) is 6.03. The van der Waals surface area contributed by atoms with Crippen LogP contribution < -0.4 is 21.3 Å². The number of hydrogen-bond donors (Lipinski definition) is 3. The fraction of sp³-hybridized carbons (Fsp3) is 0.476. The van der Waals surface area contributed by atoms with E-state index < -0.39 is 4.92 Å². The predicted molar refractivity (Wildman–Crippen MR) is 120 cm³/mol. The average molecular weight is 428 g/mol. The molecule has 0 bridgehead atoms. The molecule has 1 atom stereocenters. The molecule has 0 radical (unpaired) electrons. The Morgan fingerprint density at radius 2 is 2.16 bits per heavy atom. The molecule has 1 amide bonds. The van der Waals surface area contributed by atoms with Crippen molar-refractivity contribution in [3.05, 3.63) is 40.1 Å². The quantitative estimate of drug-likeness (QED) is 0.332. The third-order valence-electron chi connectivity index (χ3n) is 5.19. The van der Waals surface area contributed by atoms with Crippen LogP contribution in [0.25, 0.3) is 0 Å². The van der Waals surface area contributed by atoms with Crippen molar-refractivity contribution in [2.45, 2.75) is 52.0 Å². The van der Waals surface area contributed by atoms with Gasteiger partial charge in [0.2, 0.25) is 11.9 Å². The standard InChI is InChI=1S/C21H29N7O3/c1-3-4-6-15-12-20(27-10-5-7-17(13-27)23-14(2)29)26-21(24-15)25-16-8-9-18(22)19(11-16)28(30)31/h8-9,11-12,17H,3-7,10,13,22H2,1-2H3,(H,23,29)(H,24,25,26). The van der Waals surface area contributed by atoms with Gasteiger partial charge < -0.3 is 21.3 Å². The first-order chi connectivity index (χ1) is 14.9. The number of nitrogen functional groups attached to an aromatic ring is 1. The minimum absolute atomic E-state index is 0.0366. The van der Waals surface area contributed by atoms with Crippen LogP contribution in [0.5, 0.6) is 0 Å². The van der Waals surface area contributed by atoms with Crippen LogP contribution in [0, 0.1) is 10.1 Å². The molecule has 1 unspecified atom stereocenters. The second kappa shape index (κ2) is 10.1. The van der Waals surface area contributed by atoms with Gasteiger partial charge in [-0.05, 0) is 37.8 Å². The molecule has 2 aromatic rings. The van der Waals surface area contributed by atoms with Crippen LogP contribution in [0.1, 0.15) is 45.2 Å². The zero-order valence-corrected chi connectivity index (χ0v) is 17.9. The Morgan fingerprint density at radius 1 is 1.35 bits per heavy atom. The van der Waals surface area contributed by atoms with Crippen molar-refractivity contribution >= 4 is 34.7 Å². The summed E-state index contributed by atoms with van der Waals surface area (Å²) in [6.45, 7) is 5.17. The second-order valence-corrected chi connectivity index (χ2v) is 7.79. The van der Waals surface area contributed by atoms with Crippen LogP contribution >= 0.6 is 0 Å². The summed E-state index contributed by atoms with van der Waals surface area (Å²) >= 11 is 0. The van der Waals surface area contributed by atoms with Crippen LogP contribution in [0.2, 0.25) is 0 Å². The zero-order valence-electron chi connectivity index (χ0n) is 17.9. The molecule has 1 fully saturated rings. The second-order valence-electron chi connectivity index (χ2n) is 7.79. The number of benzene rings is 1. The molecule has 0 spiro atoms. The number of nitrogens with two attached hydrogens (primary N) is 1. The third-order valence-corrected chi connectivity index (χ3v) is 5.19. The van der Waals surface area contributed by atoms with Gasteiger partial charge in [0, 0.05) is 49.6 Å². The van der Waals surface area contributed by atoms with Gasteiger partial charge in [-0.25, -0.2) is 4.98 Å². The van der Waals surface area contributed by atoms with Crippen LogP contribution in [-0.4, -0.2) is 39.9 Å². The maximum atomic E-state index is 11.5. The molecule has 1 aromatic heterocycles. The van der Waals surface area contributed by atoms with E-state index in [1.54, 1.807) is 6.07 Å². The first-order valence-corrected chi connectivity index (χ1v) is 10.6. The molecule has 0 saturated carbocycles.